The lowest BCUT2D eigenvalue weighted by Gasteiger charge is -2.16. The lowest BCUT2D eigenvalue weighted by atomic mass is 10.1. The molecule has 0 bridgehead atoms. The van der Waals surface area contributed by atoms with Crippen molar-refractivity contribution in [1.82, 2.24) is 0 Å². The van der Waals surface area contributed by atoms with E-state index in [4.69, 9.17) is 0 Å². The normalized spacial score (nSPS) is 17.4. The molecule has 1 unspecified atom stereocenters. The van der Waals surface area contributed by atoms with Crippen molar-refractivity contribution in [3.8, 4) is 0 Å². The molecule has 1 saturated heterocycles. The standard InChI is InChI=1S/C17H14BrFN2O2/c18-12-4-6-14(7-5-12)20-17(23)11-8-16(22)21(10-11)15-3-1-2-13(19)9-15/h1-7,9,11H,8,10H2,(H,20,23). The Hall–Kier alpha value is -2.21. The predicted molar refractivity (Wildman–Crippen MR) is 89.6 cm³/mol. The molecule has 1 fully saturated rings. The third-order valence-corrected chi connectivity index (χ3v) is 4.26. The number of amides is 2. The fraction of sp³-hybridized carbons (Fsp3) is 0.176. The van der Waals surface area contributed by atoms with Gasteiger partial charge in [-0.05, 0) is 42.5 Å². The van der Waals surface area contributed by atoms with Gasteiger partial charge < -0.3 is 10.2 Å². The summed E-state index contributed by atoms with van der Waals surface area (Å²) in [6, 6.07) is 13.0. The molecule has 23 heavy (non-hydrogen) atoms. The predicted octanol–water partition coefficient (Wildman–Crippen LogP) is 3.58. The van der Waals surface area contributed by atoms with Gasteiger partial charge in [0.1, 0.15) is 5.82 Å². The first kappa shape index (κ1) is 15.7. The van der Waals surface area contributed by atoms with E-state index >= 15 is 0 Å². The summed E-state index contributed by atoms with van der Waals surface area (Å²) in [5, 5.41) is 2.80. The van der Waals surface area contributed by atoms with Crippen molar-refractivity contribution in [3.05, 3.63) is 58.8 Å². The Morgan fingerprint density at radius 2 is 1.96 bits per heavy atom. The van der Waals surface area contributed by atoms with Crippen LogP contribution >= 0.6 is 15.9 Å². The number of hydrogen-bond donors (Lipinski definition) is 1. The molecule has 2 amide bonds. The molecule has 1 atom stereocenters. The summed E-state index contributed by atoms with van der Waals surface area (Å²) in [4.78, 5) is 25.9. The molecule has 4 nitrogen and oxygen atoms in total. The van der Waals surface area contributed by atoms with E-state index in [9.17, 15) is 14.0 Å². The van der Waals surface area contributed by atoms with Crippen molar-refractivity contribution in [1.29, 1.82) is 0 Å². The molecular weight excluding hydrogens is 363 g/mol. The molecule has 1 aliphatic rings. The number of anilines is 2. The van der Waals surface area contributed by atoms with Gasteiger partial charge in [-0.2, -0.15) is 0 Å². The van der Waals surface area contributed by atoms with Crippen LogP contribution in [0.3, 0.4) is 0 Å². The number of hydrogen-bond acceptors (Lipinski definition) is 2. The van der Waals surface area contributed by atoms with Gasteiger partial charge in [0.2, 0.25) is 11.8 Å². The van der Waals surface area contributed by atoms with Gasteiger partial charge in [0.05, 0.1) is 5.92 Å². The van der Waals surface area contributed by atoms with Crippen molar-refractivity contribution in [2.24, 2.45) is 5.92 Å². The van der Waals surface area contributed by atoms with Crippen LogP contribution in [0.15, 0.2) is 53.0 Å². The smallest absolute Gasteiger partial charge is 0.229 e. The quantitative estimate of drug-likeness (QED) is 0.889. The Kier molecular flexibility index (Phi) is 4.43. The number of carbonyl (C=O) groups excluding carboxylic acids is 2. The highest BCUT2D eigenvalue weighted by Gasteiger charge is 2.35. The lowest BCUT2D eigenvalue weighted by molar-refractivity contribution is -0.122. The second-order valence-electron chi connectivity index (χ2n) is 5.38. The SMILES string of the molecule is O=C(Nc1ccc(Br)cc1)C1CC(=O)N(c2cccc(F)c2)C1. The van der Waals surface area contributed by atoms with E-state index in [1.807, 2.05) is 12.1 Å². The van der Waals surface area contributed by atoms with Crippen LogP contribution in [0.25, 0.3) is 0 Å². The second kappa shape index (κ2) is 6.50. The summed E-state index contributed by atoms with van der Waals surface area (Å²) in [5.41, 5.74) is 1.16. The van der Waals surface area contributed by atoms with Gasteiger partial charge in [-0.3, -0.25) is 9.59 Å². The topological polar surface area (TPSA) is 49.4 Å². The molecule has 0 spiro atoms. The monoisotopic (exact) mass is 376 g/mol. The van der Waals surface area contributed by atoms with Crippen molar-refractivity contribution >= 4 is 39.1 Å². The van der Waals surface area contributed by atoms with E-state index in [-0.39, 0.29) is 24.8 Å². The van der Waals surface area contributed by atoms with Gasteiger partial charge in [0, 0.05) is 28.8 Å². The first-order valence-corrected chi connectivity index (χ1v) is 7.94. The molecular formula is C17H14BrFN2O2. The second-order valence-corrected chi connectivity index (χ2v) is 6.30. The lowest BCUT2D eigenvalue weighted by Crippen LogP contribution is -2.28. The zero-order chi connectivity index (χ0) is 16.4. The summed E-state index contributed by atoms with van der Waals surface area (Å²) in [6.45, 7) is 0.255. The van der Waals surface area contributed by atoms with E-state index in [0.29, 0.717) is 11.4 Å². The van der Waals surface area contributed by atoms with Crippen LogP contribution in [0, 0.1) is 11.7 Å². The molecule has 0 radical (unpaired) electrons. The van der Waals surface area contributed by atoms with Crippen LogP contribution in [-0.2, 0) is 9.59 Å². The fourth-order valence-corrected chi connectivity index (χ4v) is 2.82. The van der Waals surface area contributed by atoms with Crippen molar-refractivity contribution in [2.45, 2.75) is 6.42 Å². The van der Waals surface area contributed by atoms with E-state index in [2.05, 4.69) is 21.2 Å². The van der Waals surface area contributed by atoms with Gasteiger partial charge in [-0.15, -0.1) is 0 Å². The van der Waals surface area contributed by atoms with Crippen molar-refractivity contribution < 1.29 is 14.0 Å². The first-order valence-electron chi connectivity index (χ1n) is 7.15. The van der Waals surface area contributed by atoms with Crippen LogP contribution in [0.4, 0.5) is 15.8 Å². The Labute approximate surface area is 141 Å². The molecule has 1 heterocycles. The number of benzene rings is 2. The number of rotatable bonds is 3. The Morgan fingerprint density at radius 3 is 2.65 bits per heavy atom. The Morgan fingerprint density at radius 1 is 1.22 bits per heavy atom. The van der Waals surface area contributed by atoms with Crippen molar-refractivity contribution in [3.63, 3.8) is 0 Å². The van der Waals surface area contributed by atoms with Gasteiger partial charge in [0.15, 0.2) is 0 Å². The molecule has 2 aromatic carbocycles. The number of nitrogens with one attached hydrogen (secondary N) is 1. The van der Waals surface area contributed by atoms with Crippen LogP contribution in [-0.4, -0.2) is 18.4 Å². The summed E-state index contributed by atoms with van der Waals surface area (Å²) >= 11 is 3.33. The van der Waals surface area contributed by atoms with Crippen LogP contribution < -0.4 is 10.2 Å². The zero-order valence-electron chi connectivity index (χ0n) is 12.1. The highest BCUT2D eigenvalue weighted by molar-refractivity contribution is 9.10. The van der Waals surface area contributed by atoms with Crippen molar-refractivity contribution in [2.75, 3.05) is 16.8 Å². The van der Waals surface area contributed by atoms with Crippen LogP contribution in [0.1, 0.15) is 6.42 Å². The van der Waals surface area contributed by atoms with E-state index < -0.39 is 11.7 Å². The summed E-state index contributed by atoms with van der Waals surface area (Å²) in [7, 11) is 0. The maximum atomic E-state index is 13.3. The number of nitrogens with zero attached hydrogens (tertiary/aromatic N) is 1. The summed E-state index contributed by atoms with van der Waals surface area (Å²) < 4.78 is 14.2. The molecule has 6 heteroatoms. The summed E-state index contributed by atoms with van der Waals surface area (Å²) in [5.74, 6) is -1.24. The highest BCUT2D eigenvalue weighted by atomic mass is 79.9. The first-order chi connectivity index (χ1) is 11.0. The minimum Gasteiger partial charge on any atom is -0.326 e. The molecule has 0 saturated carbocycles. The average Bonchev–Trinajstić information content (AvgIpc) is 2.92. The molecule has 1 N–H and O–H groups in total. The Balaban J connectivity index is 1.69. The van der Waals surface area contributed by atoms with Crippen LogP contribution in [0.5, 0.6) is 0 Å². The largest absolute Gasteiger partial charge is 0.326 e. The minimum atomic E-state index is -0.450. The molecule has 3 rings (SSSR count). The van der Waals surface area contributed by atoms with E-state index in [0.717, 1.165) is 4.47 Å². The number of carbonyl (C=O) groups is 2. The van der Waals surface area contributed by atoms with E-state index in [1.165, 1.54) is 17.0 Å². The summed E-state index contributed by atoms with van der Waals surface area (Å²) in [6.07, 6.45) is 0.124. The highest BCUT2D eigenvalue weighted by Crippen LogP contribution is 2.26. The van der Waals surface area contributed by atoms with E-state index in [1.54, 1.807) is 24.3 Å². The average molecular weight is 377 g/mol. The minimum absolute atomic E-state index is 0.124. The maximum Gasteiger partial charge on any atom is 0.229 e. The van der Waals surface area contributed by atoms with Crippen LogP contribution in [0.2, 0.25) is 0 Å². The fourth-order valence-electron chi connectivity index (χ4n) is 2.55. The maximum absolute atomic E-state index is 13.3. The molecule has 0 aromatic heterocycles. The zero-order valence-corrected chi connectivity index (χ0v) is 13.7. The Bertz CT molecular complexity index is 749. The molecule has 2 aromatic rings. The van der Waals surface area contributed by atoms with Gasteiger partial charge in [0.25, 0.3) is 0 Å². The molecule has 118 valence electrons. The third kappa shape index (κ3) is 3.59. The third-order valence-electron chi connectivity index (χ3n) is 3.73. The van der Waals surface area contributed by atoms with Gasteiger partial charge >= 0.3 is 0 Å². The molecule has 1 aliphatic heterocycles. The van der Waals surface area contributed by atoms with Gasteiger partial charge in [-0.25, -0.2) is 4.39 Å². The van der Waals surface area contributed by atoms with Gasteiger partial charge in [-0.1, -0.05) is 22.0 Å². The molecule has 0 aliphatic carbocycles. The number of halogens is 2.